The highest BCUT2D eigenvalue weighted by Crippen LogP contribution is 2.31. The minimum Gasteiger partial charge on any atom is -0.454 e. The van der Waals surface area contributed by atoms with Gasteiger partial charge in [-0.1, -0.05) is 30.3 Å². The van der Waals surface area contributed by atoms with Gasteiger partial charge in [-0.05, 0) is 66.1 Å². The van der Waals surface area contributed by atoms with Crippen LogP contribution in [-0.2, 0) is 13.5 Å². The van der Waals surface area contributed by atoms with Crippen molar-refractivity contribution >= 4 is 33.4 Å². The molecule has 0 radical (unpaired) electrons. The topological polar surface area (TPSA) is 88.1 Å². The summed E-state index contributed by atoms with van der Waals surface area (Å²) in [4.78, 5) is 18.6. The zero-order chi connectivity index (χ0) is 29.0. The molecule has 0 amide bonds. The predicted molar refractivity (Wildman–Crippen MR) is 154 cm³/mol. The van der Waals surface area contributed by atoms with Crippen molar-refractivity contribution in [2.45, 2.75) is 6.42 Å². The summed E-state index contributed by atoms with van der Waals surface area (Å²) in [6, 6.07) is 26.2. The van der Waals surface area contributed by atoms with Gasteiger partial charge in [-0.2, -0.15) is 9.65 Å². The number of aromatic nitrogens is 4. The summed E-state index contributed by atoms with van der Waals surface area (Å²) in [7, 11) is 1.86. The molecule has 1 N–H and O–H groups in total. The molecule has 0 aliphatic rings. The second-order valence-corrected chi connectivity index (χ2v) is 10.0. The molecule has 0 unspecified atom stereocenters. The Hall–Kier alpha value is -5.75. The number of hydrogen-bond donors (Lipinski definition) is 1. The summed E-state index contributed by atoms with van der Waals surface area (Å²) in [5, 5.41) is 13.3. The molecule has 0 saturated carbocycles. The fourth-order valence-corrected chi connectivity index (χ4v) is 5.39. The van der Waals surface area contributed by atoms with E-state index in [1.165, 1.54) is 12.1 Å². The smallest absolute Gasteiger partial charge is 0.214 e. The number of hydrogen-bond acceptors (Lipinski definition) is 4. The lowest BCUT2D eigenvalue weighted by molar-refractivity contribution is 0.103. The van der Waals surface area contributed by atoms with Crippen LogP contribution in [0.4, 0.5) is 8.78 Å². The average molecular weight is 558 g/mol. The SMILES string of the molecule is Cn1c(C(=O)c2c[nH]n3c2nc2cc(Oc4cccc(F)c4F)ccc23)cc2c(Cc3cccc(C#N)c3)cccc21. The molecule has 0 bridgehead atoms. The first kappa shape index (κ1) is 25.2. The molecule has 7 rings (SSSR count). The number of nitriles is 1. The van der Waals surface area contributed by atoms with Gasteiger partial charge in [-0.3, -0.25) is 9.89 Å². The minimum absolute atomic E-state index is 0.203. The van der Waals surface area contributed by atoms with Crippen molar-refractivity contribution in [2.75, 3.05) is 0 Å². The van der Waals surface area contributed by atoms with Crippen LogP contribution in [0.15, 0.2) is 91.1 Å². The molecule has 0 spiro atoms. The van der Waals surface area contributed by atoms with Crippen LogP contribution in [0, 0.1) is 23.0 Å². The summed E-state index contributed by atoms with van der Waals surface area (Å²) in [5.74, 6) is -2.23. The lowest BCUT2D eigenvalue weighted by Gasteiger charge is -2.06. The van der Waals surface area contributed by atoms with Gasteiger partial charge in [0.2, 0.25) is 11.6 Å². The van der Waals surface area contributed by atoms with Crippen LogP contribution < -0.4 is 4.74 Å². The Morgan fingerprint density at radius 2 is 1.83 bits per heavy atom. The van der Waals surface area contributed by atoms with Crippen LogP contribution in [0.3, 0.4) is 0 Å². The van der Waals surface area contributed by atoms with Crippen molar-refractivity contribution in [3.8, 4) is 17.6 Å². The molecule has 42 heavy (non-hydrogen) atoms. The predicted octanol–water partition coefficient (Wildman–Crippen LogP) is 7.07. The van der Waals surface area contributed by atoms with Crippen molar-refractivity contribution in [1.29, 1.82) is 5.26 Å². The molecule has 4 aromatic carbocycles. The van der Waals surface area contributed by atoms with E-state index in [1.54, 1.807) is 35.0 Å². The van der Waals surface area contributed by atoms with Gasteiger partial charge in [0.25, 0.3) is 0 Å². The zero-order valence-corrected chi connectivity index (χ0v) is 22.2. The van der Waals surface area contributed by atoms with Gasteiger partial charge in [0.05, 0.1) is 33.9 Å². The fourth-order valence-electron chi connectivity index (χ4n) is 5.39. The Morgan fingerprint density at radius 3 is 2.69 bits per heavy atom. The maximum absolute atomic E-state index is 14.1. The molecule has 0 atom stereocenters. The average Bonchev–Trinajstić information content (AvgIpc) is 3.67. The van der Waals surface area contributed by atoms with Crippen LogP contribution in [-0.4, -0.2) is 24.9 Å². The van der Waals surface area contributed by atoms with E-state index in [2.05, 4.69) is 16.2 Å². The lowest BCUT2D eigenvalue weighted by Crippen LogP contribution is -2.07. The number of ether oxygens (including phenoxy) is 1. The third-order valence-electron chi connectivity index (χ3n) is 7.45. The van der Waals surface area contributed by atoms with Gasteiger partial charge in [-0.25, -0.2) is 13.9 Å². The van der Waals surface area contributed by atoms with E-state index in [0.717, 1.165) is 28.1 Å². The monoisotopic (exact) mass is 557 g/mol. The van der Waals surface area contributed by atoms with Gasteiger partial charge in [0, 0.05) is 30.2 Å². The number of nitrogens with one attached hydrogen (secondary N) is 1. The van der Waals surface area contributed by atoms with Crippen molar-refractivity contribution < 1.29 is 18.3 Å². The number of carbonyl (C=O) groups excluding carboxylic acids is 1. The molecule has 0 aliphatic heterocycles. The summed E-state index contributed by atoms with van der Waals surface area (Å²) >= 11 is 0. The van der Waals surface area contributed by atoms with Gasteiger partial charge in [0.1, 0.15) is 5.75 Å². The molecule has 0 aliphatic carbocycles. The highest BCUT2D eigenvalue weighted by atomic mass is 19.2. The number of H-pyrrole nitrogens is 1. The standard InChI is InChI=1S/C33H21F2N5O2/c1-39-27-9-3-7-21(14-19-5-2-6-20(13-19)17-36)23(27)16-29(39)32(41)24-18-37-40-28-12-11-22(15-26(28)38-33(24)40)42-30-10-4-8-25(34)31(30)35/h2-13,15-16,18,37H,14H2,1H3. The number of imidazole rings is 1. The van der Waals surface area contributed by atoms with E-state index in [9.17, 15) is 18.8 Å². The van der Waals surface area contributed by atoms with Crippen LogP contribution in [0.2, 0.25) is 0 Å². The Bertz CT molecular complexity index is 2240. The highest BCUT2D eigenvalue weighted by Gasteiger charge is 2.22. The molecule has 7 nitrogen and oxygen atoms in total. The number of ketones is 1. The number of halogens is 2. The molecular weight excluding hydrogens is 536 g/mol. The largest absolute Gasteiger partial charge is 0.454 e. The normalized spacial score (nSPS) is 11.4. The van der Waals surface area contributed by atoms with Gasteiger partial charge in [-0.15, -0.1) is 0 Å². The Kier molecular flexibility index (Phi) is 5.84. The second-order valence-electron chi connectivity index (χ2n) is 10.0. The first-order valence-electron chi connectivity index (χ1n) is 13.1. The van der Waals surface area contributed by atoms with Crippen LogP contribution >= 0.6 is 0 Å². The summed E-state index contributed by atoms with van der Waals surface area (Å²) in [6.45, 7) is 0. The molecule has 204 valence electrons. The Labute approximate surface area is 237 Å². The van der Waals surface area contributed by atoms with Crippen molar-refractivity contribution in [2.24, 2.45) is 7.05 Å². The first-order valence-corrected chi connectivity index (χ1v) is 13.1. The summed E-state index contributed by atoms with van der Waals surface area (Å²) in [6.07, 6.45) is 2.25. The lowest BCUT2D eigenvalue weighted by atomic mass is 10.00. The molecular formula is C33H21F2N5O2. The summed E-state index contributed by atoms with van der Waals surface area (Å²) < 4.78 is 36.9. The number of rotatable bonds is 6. The third-order valence-corrected chi connectivity index (χ3v) is 7.45. The number of benzene rings is 4. The van der Waals surface area contributed by atoms with Gasteiger partial charge < -0.3 is 9.30 Å². The third kappa shape index (κ3) is 4.09. The number of nitrogens with zero attached hydrogens (tertiary/aromatic N) is 4. The van der Waals surface area contributed by atoms with E-state index < -0.39 is 11.6 Å². The van der Waals surface area contributed by atoms with E-state index in [1.807, 2.05) is 54.1 Å². The van der Waals surface area contributed by atoms with E-state index in [0.29, 0.717) is 39.9 Å². The number of aryl methyl sites for hydroxylation is 1. The van der Waals surface area contributed by atoms with Gasteiger partial charge >= 0.3 is 0 Å². The van der Waals surface area contributed by atoms with Crippen LogP contribution in [0.5, 0.6) is 11.5 Å². The van der Waals surface area contributed by atoms with Crippen molar-refractivity contribution in [1.82, 2.24) is 19.2 Å². The van der Waals surface area contributed by atoms with Crippen molar-refractivity contribution in [3.63, 3.8) is 0 Å². The maximum Gasteiger partial charge on any atom is 0.214 e. The number of fused-ring (bicyclic) bond motifs is 4. The molecule has 0 fully saturated rings. The fraction of sp³-hybridized carbons (Fsp3) is 0.0606. The second kappa shape index (κ2) is 9.71. The van der Waals surface area contributed by atoms with E-state index >= 15 is 0 Å². The first-order chi connectivity index (χ1) is 20.4. The minimum atomic E-state index is -1.07. The van der Waals surface area contributed by atoms with E-state index in [4.69, 9.17) is 4.74 Å². The quantitative estimate of drug-likeness (QED) is 0.222. The molecule has 9 heteroatoms. The summed E-state index contributed by atoms with van der Waals surface area (Å²) in [5.41, 5.74) is 6.11. The van der Waals surface area contributed by atoms with Crippen LogP contribution in [0.1, 0.15) is 32.7 Å². The Balaban J connectivity index is 1.25. The number of aromatic amines is 1. The Morgan fingerprint density at radius 1 is 1.00 bits per heavy atom. The van der Waals surface area contributed by atoms with Gasteiger partial charge in [0.15, 0.2) is 17.2 Å². The highest BCUT2D eigenvalue weighted by molar-refractivity contribution is 6.14. The molecule has 7 aromatic rings. The van der Waals surface area contributed by atoms with Crippen LogP contribution in [0.25, 0.3) is 27.6 Å². The van der Waals surface area contributed by atoms with E-state index in [-0.39, 0.29) is 17.3 Å². The number of carbonyl (C=O) groups is 1. The molecule has 3 aromatic heterocycles. The maximum atomic E-state index is 14.1. The molecule has 3 heterocycles. The molecule has 0 saturated heterocycles. The van der Waals surface area contributed by atoms with Crippen molar-refractivity contribution in [3.05, 3.63) is 131 Å². The zero-order valence-electron chi connectivity index (χ0n) is 22.2.